The number of carboxylic acid groups (broad SMARTS) is 1. The maximum atomic E-state index is 12.1. The third-order valence-corrected chi connectivity index (χ3v) is 4.43. The number of esters is 1. The molecule has 0 aliphatic rings. The van der Waals surface area contributed by atoms with E-state index in [2.05, 4.69) is 9.46 Å². The number of benzene rings is 1. The van der Waals surface area contributed by atoms with Crippen molar-refractivity contribution >= 4 is 22.0 Å². The lowest BCUT2D eigenvalue weighted by atomic mass is 10.1. The van der Waals surface area contributed by atoms with Crippen LogP contribution in [0.4, 0.5) is 0 Å². The van der Waals surface area contributed by atoms with E-state index in [0.29, 0.717) is 12.0 Å². The highest BCUT2D eigenvalue weighted by Gasteiger charge is 2.24. The van der Waals surface area contributed by atoms with Crippen molar-refractivity contribution in [3.63, 3.8) is 0 Å². The van der Waals surface area contributed by atoms with Crippen LogP contribution in [0.2, 0.25) is 0 Å². The summed E-state index contributed by atoms with van der Waals surface area (Å²) in [7, 11) is -2.87. The molecule has 0 amide bonds. The second-order valence-corrected chi connectivity index (χ2v) is 6.06. The van der Waals surface area contributed by atoms with Crippen LogP contribution in [0.5, 0.6) is 0 Å². The van der Waals surface area contributed by atoms with E-state index < -0.39 is 28.0 Å². The Balaban J connectivity index is 3.18. The SMILES string of the molecule is CCc1ccc(S(=O)(=O)N[C@@H](C)C(=O)OC)cc1C(=O)O. The van der Waals surface area contributed by atoms with Gasteiger partial charge in [-0.1, -0.05) is 13.0 Å². The molecule has 0 heterocycles. The van der Waals surface area contributed by atoms with Crippen LogP contribution in [0.3, 0.4) is 0 Å². The molecule has 7 nitrogen and oxygen atoms in total. The first-order valence-electron chi connectivity index (χ1n) is 6.19. The van der Waals surface area contributed by atoms with E-state index in [1.165, 1.54) is 19.1 Å². The number of carboxylic acids is 1. The second kappa shape index (κ2) is 6.68. The van der Waals surface area contributed by atoms with Crippen LogP contribution < -0.4 is 4.72 Å². The standard InChI is InChI=1S/C13H17NO6S/c1-4-9-5-6-10(7-11(9)12(15)16)21(18,19)14-8(2)13(17)20-3/h5-8,14H,4H2,1-3H3,(H,15,16)/t8-/m0/s1. The van der Waals surface area contributed by atoms with Crippen LogP contribution in [0.15, 0.2) is 23.1 Å². The Bertz CT molecular complexity index is 653. The first-order chi connectivity index (χ1) is 9.72. The van der Waals surface area contributed by atoms with Gasteiger partial charge in [0.2, 0.25) is 10.0 Å². The van der Waals surface area contributed by atoms with Gasteiger partial charge in [0, 0.05) is 0 Å². The zero-order chi connectivity index (χ0) is 16.2. The normalized spacial score (nSPS) is 12.7. The molecule has 8 heteroatoms. The molecule has 0 unspecified atom stereocenters. The minimum atomic E-state index is -4.01. The number of sulfonamides is 1. The minimum absolute atomic E-state index is 0.0777. The molecular weight excluding hydrogens is 298 g/mol. The Morgan fingerprint density at radius 2 is 2.00 bits per heavy atom. The van der Waals surface area contributed by atoms with Gasteiger partial charge in [-0.15, -0.1) is 0 Å². The molecule has 0 saturated heterocycles. The van der Waals surface area contributed by atoms with E-state index in [4.69, 9.17) is 5.11 Å². The molecule has 21 heavy (non-hydrogen) atoms. The van der Waals surface area contributed by atoms with Gasteiger partial charge in [0.25, 0.3) is 0 Å². The summed E-state index contributed by atoms with van der Waals surface area (Å²) in [6.07, 6.45) is 0.466. The van der Waals surface area contributed by atoms with Gasteiger partial charge in [0.05, 0.1) is 17.6 Å². The van der Waals surface area contributed by atoms with Crippen LogP contribution in [0.25, 0.3) is 0 Å². The summed E-state index contributed by atoms with van der Waals surface area (Å²) in [6, 6.07) is 2.76. The van der Waals surface area contributed by atoms with Gasteiger partial charge in [-0.25, -0.2) is 13.2 Å². The van der Waals surface area contributed by atoms with Gasteiger partial charge in [0.1, 0.15) is 6.04 Å². The van der Waals surface area contributed by atoms with Gasteiger partial charge in [0.15, 0.2) is 0 Å². The summed E-state index contributed by atoms with van der Waals surface area (Å²) in [5.74, 6) is -1.94. The van der Waals surface area contributed by atoms with Crippen molar-refractivity contribution in [2.75, 3.05) is 7.11 Å². The zero-order valence-electron chi connectivity index (χ0n) is 11.9. The van der Waals surface area contributed by atoms with Gasteiger partial charge >= 0.3 is 11.9 Å². The highest BCUT2D eigenvalue weighted by molar-refractivity contribution is 7.89. The van der Waals surface area contributed by atoms with E-state index in [9.17, 15) is 18.0 Å². The lowest BCUT2D eigenvalue weighted by molar-refractivity contribution is -0.142. The number of carbonyl (C=O) groups is 2. The molecule has 0 radical (unpaired) electrons. The van der Waals surface area contributed by atoms with Gasteiger partial charge < -0.3 is 9.84 Å². The predicted octanol–water partition coefficient (Wildman–Crippen LogP) is 0.787. The number of aromatic carboxylic acids is 1. The molecule has 1 aromatic carbocycles. The number of ether oxygens (including phenoxy) is 1. The van der Waals surface area contributed by atoms with Gasteiger partial charge in [-0.05, 0) is 31.0 Å². The lowest BCUT2D eigenvalue weighted by Crippen LogP contribution is -2.39. The van der Waals surface area contributed by atoms with E-state index >= 15 is 0 Å². The molecule has 116 valence electrons. The fourth-order valence-electron chi connectivity index (χ4n) is 1.76. The molecule has 0 bridgehead atoms. The molecule has 0 spiro atoms. The fraction of sp³-hybridized carbons (Fsp3) is 0.385. The summed E-state index contributed by atoms with van der Waals surface area (Å²) in [5.41, 5.74) is 0.452. The van der Waals surface area contributed by atoms with Crippen LogP contribution >= 0.6 is 0 Å². The fourth-order valence-corrected chi connectivity index (χ4v) is 2.97. The lowest BCUT2D eigenvalue weighted by Gasteiger charge is -2.13. The summed E-state index contributed by atoms with van der Waals surface area (Å²) in [5, 5.41) is 9.11. The quantitative estimate of drug-likeness (QED) is 0.751. The van der Waals surface area contributed by atoms with E-state index in [0.717, 1.165) is 13.2 Å². The zero-order valence-corrected chi connectivity index (χ0v) is 12.7. The summed E-state index contributed by atoms with van der Waals surface area (Å²) in [4.78, 5) is 22.2. The summed E-state index contributed by atoms with van der Waals surface area (Å²) < 4.78 is 30.8. The van der Waals surface area contributed by atoms with Crippen molar-refractivity contribution in [3.05, 3.63) is 29.3 Å². The highest BCUT2D eigenvalue weighted by atomic mass is 32.2. The van der Waals surface area contributed by atoms with E-state index in [1.54, 1.807) is 6.92 Å². The Morgan fingerprint density at radius 1 is 1.38 bits per heavy atom. The topological polar surface area (TPSA) is 110 Å². The molecule has 1 atom stereocenters. The molecule has 0 aliphatic carbocycles. The second-order valence-electron chi connectivity index (χ2n) is 4.34. The van der Waals surface area contributed by atoms with Crippen LogP contribution in [0.1, 0.15) is 29.8 Å². The first-order valence-corrected chi connectivity index (χ1v) is 7.67. The maximum Gasteiger partial charge on any atom is 0.336 e. The third kappa shape index (κ3) is 4.02. The van der Waals surface area contributed by atoms with Crippen molar-refractivity contribution in [1.29, 1.82) is 0 Å². The van der Waals surface area contributed by atoms with Crippen molar-refractivity contribution < 1.29 is 27.9 Å². The molecule has 1 rings (SSSR count). The van der Waals surface area contributed by atoms with Crippen molar-refractivity contribution in [3.8, 4) is 0 Å². The van der Waals surface area contributed by atoms with Crippen LogP contribution in [-0.4, -0.2) is 38.6 Å². The third-order valence-electron chi connectivity index (χ3n) is 2.89. The van der Waals surface area contributed by atoms with Gasteiger partial charge in [-0.3, -0.25) is 4.79 Å². The molecular formula is C13H17NO6S. The van der Waals surface area contributed by atoms with Crippen molar-refractivity contribution in [2.24, 2.45) is 0 Å². The highest BCUT2D eigenvalue weighted by Crippen LogP contribution is 2.17. The molecule has 1 aromatic rings. The number of hydrogen-bond donors (Lipinski definition) is 2. The molecule has 0 saturated carbocycles. The number of methoxy groups -OCH3 is 1. The Kier molecular flexibility index (Phi) is 5.45. The van der Waals surface area contributed by atoms with Crippen molar-refractivity contribution in [1.82, 2.24) is 4.72 Å². The molecule has 2 N–H and O–H groups in total. The monoisotopic (exact) mass is 315 g/mol. The number of nitrogens with one attached hydrogen (secondary N) is 1. The van der Waals surface area contributed by atoms with E-state index in [-0.39, 0.29) is 10.5 Å². The maximum absolute atomic E-state index is 12.1. The molecule has 0 aliphatic heterocycles. The Morgan fingerprint density at radius 3 is 2.48 bits per heavy atom. The number of carbonyl (C=O) groups excluding carboxylic acids is 1. The number of hydrogen-bond acceptors (Lipinski definition) is 5. The minimum Gasteiger partial charge on any atom is -0.478 e. The molecule has 0 aromatic heterocycles. The van der Waals surface area contributed by atoms with Gasteiger partial charge in [-0.2, -0.15) is 4.72 Å². The van der Waals surface area contributed by atoms with Crippen LogP contribution in [-0.2, 0) is 26.0 Å². The summed E-state index contributed by atoms with van der Waals surface area (Å²) >= 11 is 0. The average Bonchev–Trinajstić information content (AvgIpc) is 2.44. The number of aryl methyl sites for hydroxylation is 1. The largest absolute Gasteiger partial charge is 0.478 e. The number of rotatable bonds is 6. The Labute approximate surface area is 123 Å². The Hall–Kier alpha value is -1.93. The average molecular weight is 315 g/mol. The van der Waals surface area contributed by atoms with E-state index in [1.807, 2.05) is 0 Å². The van der Waals surface area contributed by atoms with Crippen LogP contribution in [0, 0.1) is 0 Å². The smallest absolute Gasteiger partial charge is 0.336 e. The first kappa shape index (κ1) is 17.1. The van der Waals surface area contributed by atoms with Crippen molar-refractivity contribution in [2.45, 2.75) is 31.2 Å². The predicted molar refractivity (Wildman–Crippen MR) is 74.6 cm³/mol. The molecule has 0 fully saturated rings. The summed E-state index contributed by atoms with van der Waals surface area (Å²) in [6.45, 7) is 3.11.